The molecule has 1 N–H and O–H groups in total. The zero-order valence-corrected chi connectivity index (χ0v) is 11.4. The highest BCUT2D eigenvalue weighted by atomic mass is 35.5. The fourth-order valence-electron chi connectivity index (χ4n) is 2.18. The summed E-state index contributed by atoms with van der Waals surface area (Å²) in [6.45, 7) is 1.83. The molecule has 1 saturated heterocycles. The molecule has 19 heavy (non-hydrogen) atoms. The minimum atomic E-state index is -0.258. The lowest BCUT2D eigenvalue weighted by atomic mass is 10.1. The predicted octanol–water partition coefficient (Wildman–Crippen LogP) is 1.23. The molecule has 1 aromatic rings. The molecule has 6 heteroatoms. The third-order valence-corrected chi connectivity index (χ3v) is 3.31. The molecule has 0 radical (unpaired) electrons. The summed E-state index contributed by atoms with van der Waals surface area (Å²) in [5.74, 6) is 0.359. The standard InChI is InChI=1S/C13H17ClN2O3/c14-6-9-19-10-4-7-16(8-5-10)13(18)11-2-1-3-12(17)15-11/h1-3,10H,4-9H2,(H,15,17). The fourth-order valence-corrected chi connectivity index (χ4v) is 2.27. The first kappa shape index (κ1) is 14.1. The van der Waals surface area contributed by atoms with Crippen molar-refractivity contribution in [1.82, 2.24) is 9.88 Å². The van der Waals surface area contributed by atoms with Gasteiger partial charge in [-0.2, -0.15) is 0 Å². The van der Waals surface area contributed by atoms with Gasteiger partial charge in [0.05, 0.1) is 12.7 Å². The lowest BCUT2D eigenvalue weighted by Gasteiger charge is -2.31. The molecule has 0 saturated carbocycles. The second-order valence-electron chi connectivity index (χ2n) is 4.48. The van der Waals surface area contributed by atoms with Crippen molar-refractivity contribution < 1.29 is 9.53 Å². The third-order valence-electron chi connectivity index (χ3n) is 3.16. The minimum Gasteiger partial charge on any atom is -0.377 e. The summed E-state index contributed by atoms with van der Waals surface area (Å²) in [6.07, 6.45) is 1.79. The fraction of sp³-hybridized carbons (Fsp3) is 0.538. The van der Waals surface area contributed by atoms with Gasteiger partial charge >= 0.3 is 0 Å². The first-order valence-electron chi connectivity index (χ1n) is 6.37. The van der Waals surface area contributed by atoms with E-state index in [4.69, 9.17) is 16.3 Å². The quantitative estimate of drug-likeness (QED) is 0.846. The van der Waals surface area contributed by atoms with Crippen LogP contribution in [-0.2, 0) is 4.74 Å². The number of alkyl halides is 1. The molecule has 0 spiro atoms. The number of amides is 1. The zero-order valence-electron chi connectivity index (χ0n) is 10.6. The predicted molar refractivity (Wildman–Crippen MR) is 72.7 cm³/mol. The van der Waals surface area contributed by atoms with Crippen molar-refractivity contribution in [2.45, 2.75) is 18.9 Å². The number of aromatic nitrogens is 1. The van der Waals surface area contributed by atoms with Gasteiger partial charge in [0.1, 0.15) is 5.69 Å². The van der Waals surface area contributed by atoms with Crippen LogP contribution in [0.5, 0.6) is 0 Å². The monoisotopic (exact) mass is 284 g/mol. The van der Waals surface area contributed by atoms with E-state index in [-0.39, 0.29) is 17.6 Å². The van der Waals surface area contributed by atoms with Gasteiger partial charge in [0, 0.05) is 25.0 Å². The average molecular weight is 285 g/mol. The van der Waals surface area contributed by atoms with E-state index in [1.54, 1.807) is 17.0 Å². The number of piperidine rings is 1. The van der Waals surface area contributed by atoms with Crippen LogP contribution in [-0.4, -0.2) is 47.5 Å². The number of aromatic amines is 1. The van der Waals surface area contributed by atoms with Crippen molar-refractivity contribution >= 4 is 17.5 Å². The van der Waals surface area contributed by atoms with Gasteiger partial charge < -0.3 is 14.6 Å². The Labute approximate surface area is 116 Å². The maximum absolute atomic E-state index is 12.2. The largest absolute Gasteiger partial charge is 0.377 e. The Morgan fingerprint density at radius 2 is 2.16 bits per heavy atom. The average Bonchev–Trinajstić information content (AvgIpc) is 2.45. The Hall–Kier alpha value is -1.33. The smallest absolute Gasteiger partial charge is 0.270 e. The highest BCUT2D eigenvalue weighted by Gasteiger charge is 2.24. The molecule has 0 unspecified atom stereocenters. The molecule has 2 rings (SSSR count). The van der Waals surface area contributed by atoms with Gasteiger partial charge in [-0.3, -0.25) is 9.59 Å². The molecular weight excluding hydrogens is 268 g/mol. The van der Waals surface area contributed by atoms with Gasteiger partial charge in [0.15, 0.2) is 0 Å². The van der Waals surface area contributed by atoms with E-state index in [9.17, 15) is 9.59 Å². The highest BCUT2D eigenvalue weighted by molar-refractivity contribution is 6.17. The first-order chi connectivity index (χ1) is 9.20. The summed E-state index contributed by atoms with van der Waals surface area (Å²) in [5, 5.41) is 0. The molecule has 104 valence electrons. The number of likely N-dealkylation sites (tertiary alicyclic amines) is 1. The molecule has 1 aromatic heterocycles. The SMILES string of the molecule is O=C(c1cccc(=O)[nH]1)N1CCC(OCCCl)CC1. The van der Waals surface area contributed by atoms with Crippen molar-refractivity contribution in [1.29, 1.82) is 0 Å². The minimum absolute atomic E-state index is 0.131. The summed E-state index contributed by atoms with van der Waals surface area (Å²) in [5.41, 5.74) is 0.0822. The molecule has 0 bridgehead atoms. The molecule has 0 atom stereocenters. The molecule has 1 aliphatic heterocycles. The van der Waals surface area contributed by atoms with E-state index in [2.05, 4.69) is 4.98 Å². The van der Waals surface area contributed by atoms with E-state index in [1.165, 1.54) is 6.07 Å². The number of H-pyrrole nitrogens is 1. The lowest BCUT2D eigenvalue weighted by molar-refractivity contribution is 0.0152. The second-order valence-corrected chi connectivity index (χ2v) is 4.86. The van der Waals surface area contributed by atoms with Gasteiger partial charge in [0.25, 0.3) is 5.91 Å². The first-order valence-corrected chi connectivity index (χ1v) is 6.90. The van der Waals surface area contributed by atoms with Crippen LogP contribution in [0.15, 0.2) is 23.0 Å². The maximum Gasteiger partial charge on any atom is 0.270 e. The van der Waals surface area contributed by atoms with E-state index in [1.807, 2.05) is 0 Å². The number of nitrogens with zero attached hydrogens (tertiary/aromatic N) is 1. The van der Waals surface area contributed by atoms with Crippen LogP contribution < -0.4 is 5.56 Å². The molecule has 0 aromatic carbocycles. The van der Waals surface area contributed by atoms with Crippen LogP contribution in [0.3, 0.4) is 0 Å². The Kier molecular flexibility index (Phi) is 4.99. The molecule has 2 heterocycles. The number of rotatable bonds is 4. The van der Waals surface area contributed by atoms with Crippen molar-refractivity contribution in [3.63, 3.8) is 0 Å². The van der Waals surface area contributed by atoms with E-state index in [0.29, 0.717) is 31.3 Å². The molecule has 1 fully saturated rings. The number of hydrogen-bond acceptors (Lipinski definition) is 3. The number of carbonyl (C=O) groups excluding carboxylic acids is 1. The normalized spacial score (nSPS) is 16.6. The van der Waals surface area contributed by atoms with Crippen LogP contribution in [0.2, 0.25) is 0 Å². The number of nitrogens with one attached hydrogen (secondary N) is 1. The topological polar surface area (TPSA) is 62.4 Å². The molecule has 0 aliphatic carbocycles. The molecule has 5 nitrogen and oxygen atoms in total. The number of carbonyl (C=O) groups is 1. The van der Waals surface area contributed by atoms with E-state index < -0.39 is 0 Å². The Balaban J connectivity index is 1.91. The molecule has 1 aliphatic rings. The van der Waals surface area contributed by atoms with Crippen molar-refractivity contribution in [3.8, 4) is 0 Å². The highest BCUT2D eigenvalue weighted by Crippen LogP contribution is 2.15. The Bertz CT molecular complexity index is 481. The Morgan fingerprint density at radius 3 is 2.79 bits per heavy atom. The van der Waals surface area contributed by atoms with Crippen LogP contribution in [0.25, 0.3) is 0 Å². The maximum atomic E-state index is 12.2. The van der Waals surface area contributed by atoms with Gasteiger partial charge in [0.2, 0.25) is 5.56 Å². The molecule has 1 amide bonds. The van der Waals surface area contributed by atoms with Crippen LogP contribution in [0.1, 0.15) is 23.3 Å². The van der Waals surface area contributed by atoms with Gasteiger partial charge in [-0.25, -0.2) is 0 Å². The van der Waals surface area contributed by atoms with Gasteiger partial charge in [-0.1, -0.05) is 6.07 Å². The number of hydrogen-bond donors (Lipinski definition) is 1. The summed E-state index contributed by atoms with van der Waals surface area (Å²) in [7, 11) is 0. The van der Waals surface area contributed by atoms with Crippen molar-refractivity contribution in [3.05, 3.63) is 34.2 Å². The number of halogens is 1. The lowest BCUT2D eigenvalue weighted by Crippen LogP contribution is -2.41. The Morgan fingerprint density at radius 1 is 1.42 bits per heavy atom. The number of ether oxygens (including phenoxy) is 1. The van der Waals surface area contributed by atoms with Crippen molar-refractivity contribution in [2.24, 2.45) is 0 Å². The molecular formula is C13H17ClN2O3. The second kappa shape index (κ2) is 6.73. The van der Waals surface area contributed by atoms with Crippen LogP contribution >= 0.6 is 11.6 Å². The summed E-state index contributed by atoms with van der Waals surface area (Å²) in [6, 6.07) is 4.60. The summed E-state index contributed by atoms with van der Waals surface area (Å²) in [4.78, 5) is 27.7. The summed E-state index contributed by atoms with van der Waals surface area (Å²) >= 11 is 5.57. The van der Waals surface area contributed by atoms with Crippen LogP contribution in [0, 0.1) is 0 Å². The number of pyridine rings is 1. The van der Waals surface area contributed by atoms with E-state index >= 15 is 0 Å². The zero-order chi connectivity index (χ0) is 13.7. The summed E-state index contributed by atoms with van der Waals surface area (Å²) < 4.78 is 5.56. The van der Waals surface area contributed by atoms with Gasteiger partial charge in [-0.05, 0) is 18.9 Å². The third kappa shape index (κ3) is 3.81. The van der Waals surface area contributed by atoms with Crippen molar-refractivity contribution in [2.75, 3.05) is 25.6 Å². The van der Waals surface area contributed by atoms with E-state index in [0.717, 1.165) is 12.8 Å². The van der Waals surface area contributed by atoms with Gasteiger partial charge in [-0.15, -0.1) is 11.6 Å². The van der Waals surface area contributed by atoms with Crippen LogP contribution in [0.4, 0.5) is 0 Å².